The minimum atomic E-state index is -0.988. The van der Waals surface area contributed by atoms with E-state index in [4.69, 9.17) is 23.2 Å². The van der Waals surface area contributed by atoms with Crippen molar-refractivity contribution in [3.63, 3.8) is 0 Å². The molecule has 1 fully saturated rings. The zero-order valence-corrected chi connectivity index (χ0v) is 12.6. The normalized spacial score (nSPS) is 23.9. The van der Waals surface area contributed by atoms with Crippen LogP contribution in [0.15, 0.2) is 18.2 Å². The number of likely N-dealkylation sites (tertiary alicyclic amines) is 1. The summed E-state index contributed by atoms with van der Waals surface area (Å²) in [6.07, 6.45) is 0.283. The van der Waals surface area contributed by atoms with Crippen molar-refractivity contribution in [1.82, 2.24) is 4.90 Å². The molecule has 1 amide bonds. The van der Waals surface area contributed by atoms with E-state index in [-0.39, 0.29) is 6.04 Å². The molecule has 1 aromatic carbocycles. The molecule has 110 valence electrons. The zero-order valence-electron chi connectivity index (χ0n) is 11.1. The summed E-state index contributed by atoms with van der Waals surface area (Å²) in [5.74, 6) is 0. The van der Waals surface area contributed by atoms with Crippen LogP contribution >= 0.6 is 23.2 Å². The third kappa shape index (κ3) is 2.87. The maximum absolute atomic E-state index is 11.4. The Labute approximate surface area is 127 Å². The molecule has 0 aliphatic carbocycles. The van der Waals surface area contributed by atoms with Gasteiger partial charge in [0.2, 0.25) is 0 Å². The molecule has 4 nitrogen and oxygen atoms in total. The molecular weight excluding hydrogens is 301 g/mol. The van der Waals surface area contributed by atoms with Crippen LogP contribution in [-0.2, 0) is 0 Å². The number of carboxylic acid groups (broad SMARTS) is 1. The minimum Gasteiger partial charge on any atom is -0.465 e. The molecule has 0 bridgehead atoms. The van der Waals surface area contributed by atoms with Crippen molar-refractivity contribution in [2.24, 2.45) is 0 Å². The van der Waals surface area contributed by atoms with E-state index >= 15 is 0 Å². The highest BCUT2D eigenvalue weighted by atomic mass is 35.5. The Bertz CT molecular complexity index is 509. The van der Waals surface area contributed by atoms with Gasteiger partial charge in [-0.1, -0.05) is 36.2 Å². The van der Waals surface area contributed by atoms with Crippen LogP contribution in [0.1, 0.15) is 37.9 Å². The lowest BCUT2D eigenvalue weighted by Gasteiger charge is -2.30. The summed E-state index contributed by atoms with van der Waals surface area (Å²) in [7, 11) is 0. The number of hydrogen-bond donors (Lipinski definition) is 2. The summed E-state index contributed by atoms with van der Waals surface area (Å²) in [6, 6.07) is 4.41. The Morgan fingerprint density at radius 1 is 1.40 bits per heavy atom. The molecule has 1 aliphatic heterocycles. The van der Waals surface area contributed by atoms with E-state index in [1.807, 2.05) is 6.92 Å². The quantitative estimate of drug-likeness (QED) is 0.887. The third-order valence-corrected chi connectivity index (χ3v) is 4.63. The number of amides is 1. The van der Waals surface area contributed by atoms with Gasteiger partial charge in [0.05, 0.1) is 22.2 Å². The van der Waals surface area contributed by atoms with E-state index < -0.39 is 18.2 Å². The predicted octanol–water partition coefficient (Wildman–Crippen LogP) is 3.95. The van der Waals surface area contributed by atoms with E-state index in [2.05, 4.69) is 0 Å². The molecule has 1 aliphatic rings. The van der Waals surface area contributed by atoms with Crippen LogP contribution in [0.3, 0.4) is 0 Å². The van der Waals surface area contributed by atoms with Gasteiger partial charge in [0.15, 0.2) is 0 Å². The molecule has 20 heavy (non-hydrogen) atoms. The number of aliphatic hydroxyl groups excluding tert-OH is 1. The molecule has 1 aromatic rings. The number of nitrogens with zero attached hydrogens (tertiary/aromatic N) is 1. The van der Waals surface area contributed by atoms with Crippen molar-refractivity contribution in [1.29, 1.82) is 0 Å². The van der Waals surface area contributed by atoms with Gasteiger partial charge in [-0.2, -0.15) is 0 Å². The molecule has 6 heteroatoms. The Morgan fingerprint density at radius 3 is 2.65 bits per heavy atom. The van der Waals surface area contributed by atoms with Crippen molar-refractivity contribution in [3.8, 4) is 0 Å². The van der Waals surface area contributed by atoms with Gasteiger partial charge < -0.3 is 10.2 Å². The smallest absolute Gasteiger partial charge is 0.407 e. The maximum Gasteiger partial charge on any atom is 0.407 e. The van der Waals surface area contributed by atoms with E-state index in [1.165, 1.54) is 4.90 Å². The van der Waals surface area contributed by atoms with Gasteiger partial charge in [-0.25, -0.2) is 4.79 Å². The van der Waals surface area contributed by atoms with E-state index in [0.29, 0.717) is 22.0 Å². The molecular formula is C14H17Cl2NO3. The Kier molecular flexibility index (Phi) is 4.78. The van der Waals surface area contributed by atoms with Gasteiger partial charge in [-0.15, -0.1) is 0 Å². The second-order valence-electron chi connectivity index (χ2n) is 5.01. The van der Waals surface area contributed by atoms with Gasteiger partial charge in [-0.05, 0) is 37.0 Å². The van der Waals surface area contributed by atoms with Crippen molar-refractivity contribution < 1.29 is 15.0 Å². The van der Waals surface area contributed by atoms with Crippen LogP contribution in [0.25, 0.3) is 0 Å². The minimum absolute atomic E-state index is 0.0325. The summed E-state index contributed by atoms with van der Waals surface area (Å²) in [6.45, 7) is 1.95. The number of carbonyl (C=O) groups is 1. The SMILES string of the molecule is CC[C@H]1CC[C@@H]([C@@H](O)c2ccc(Cl)c(Cl)c2)N1C(=O)O. The van der Waals surface area contributed by atoms with Crippen LogP contribution in [0.5, 0.6) is 0 Å². The molecule has 0 radical (unpaired) electrons. The summed E-state index contributed by atoms with van der Waals surface area (Å²) in [4.78, 5) is 12.8. The van der Waals surface area contributed by atoms with Crippen LogP contribution in [-0.4, -0.2) is 33.3 Å². The molecule has 0 saturated carbocycles. The van der Waals surface area contributed by atoms with Crippen LogP contribution < -0.4 is 0 Å². The fourth-order valence-corrected chi connectivity index (χ4v) is 3.15. The van der Waals surface area contributed by atoms with Crippen LogP contribution in [0.4, 0.5) is 4.79 Å². The predicted molar refractivity (Wildman–Crippen MR) is 78.4 cm³/mol. The Hall–Kier alpha value is -0.970. The standard InChI is InChI=1S/C14H17Cl2NO3/c1-2-9-4-6-12(17(9)14(19)20)13(18)8-3-5-10(15)11(16)7-8/h3,5,7,9,12-13,18H,2,4,6H2,1H3,(H,19,20)/t9-,12-,13-/m0/s1. The fourth-order valence-electron chi connectivity index (χ4n) is 2.84. The van der Waals surface area contributed by atoms with Crippen molar-refractivity contribution in [2.45, 2.75) is 44.4 Å². The molecule has 3 atom stereocenters. The molecule has 1 saturated heterocycles. The Balaban J connectivity index is 2.25. The van der Waals surface area contributed by atoms with E-state index in [1.54, 1.807) is 18.2 Å². The second-order valence-corrected chi connectivity index (χ2v) is 5.83. The van der Waals surface area contributed by atoms with Gasteiger partial charge >= 0.3 is 6.09 Å². The van der Waals surface area contributed by atoms with Crippen molar-refractivity contribution >= 4 is 29.3 Å². The molecule has 0 aromatic heterocycles. The van der Waals surface area contributed by atoms with Crippen LogP contribution in [0.2, 0.25) is 10.0 Å². The van der Waals surface area contributed by atoms with Gasteiger partial charge in [-0.3, -0.25) is 4.90 Å². The average molecular weight is 318 g/mol. The van der Waals surface area contributed by atoms with Crippen molar-refractivity contribution in [3.05, 3.63) is 33.8 Å². The van der Waals surface area contributed by atoms with E-state index in [9.17, 15) is 15.0 Å². The summed E-state index contributed by atoms with van der Waals surface area (Å²) >= 11 is 11.8. The highest BCUT2D eigenvalue weighted by molar-refractivity contribution is 6.42. The van der Waals surface area contributed by atoms with Crippen molar-refractivity contribution in [2.75, 3.05) is 0 Å². The third-order valence-electron chi connectivity index (χ3n) is 3.89. The summed E-state index contributed by atoms with van der Waals surface area (Å²) < 4.78 is 0. The highest BCUT2D eigenvalue weighted by Crippen LogP contribution is 2.36. The highest BCUT2D eigenvalue weighted by Gasteiger charge is 2.40. The largest absolute Gasteiger partial charge is 0.465 e. The average Bonchev–Trinajstić information content (AvgIpc) is 2.85. The zero-order chi connectivity index (χ0) is 14.9. The fraction of sp³-hybridized carbons (Fsp3) is 0.500. The van der Waals surface area contributed by atoms with E-state index in [0.717, 1.165) is 12.8 Å². The molecule has 2 rings (SSSR count). The molecule has 0 spiro atoms. The van der Waals surface area contributed by atoms with Gasteiger partial charge in [0.25, 0.3) is 0 Å². The molecule has 2 N–H and O–H groups in total. The summed E-state index contributed by atoms with van der Waals surface area (Å²) in [5, 5.41) is 20.6. The van der Waals surface area contributed by atoms with Gasteiger partial charge in [0.1, 0.15) is 0 Å². The lowest BCUT2D eigenvalue weighted by Crippen LogP contribution is -2.42. The maximum atomic E-state index is 11.4. The number of halogens is 2. The first-order valence-electron chi connectivity index (χ1n) is 6.60. The second kappa shape index (κ2) is 6.20. The monoisotopic (exact) mass is 317 g/mol. The summed E-state index contributed by atoms with van der Waals surface area (Å²) in [5.41, 5.74) is 0.590. The lowest BCUT2D eigenvalue weighted by atomic mass is 10.0. The first-order chi connectivity index (χ1) is 9.45. The van der Waals surface area contributed by atoms with Gasteiger partial charge in [0, 0.05) is 6.04 Å². The number of hydrogen-bond acceptors (Lipinski definition) is 2. The molecule has 1 heterocycles. The first-order valence-corrected chi connectivity index (χ1v) is 7.35. The topological polar surface area (TPSA) is 60.8 Å². The molecule has 0 unspecified atom stereocenters. The lowest BCUT2D eigenvalue weighted by molar-refractivity contribution is 0.0535. The number of benzene rings is 1. The van der Waals surface area contributed by atoms with Crippen LogP contribution in [0, 0.1) is 0 Å². The Morgan fingerprint density at radius 2 is 2.10 bits per heavy atom. The number of aliphatic hydroxyl groups is 1. The number of rotatable bonds is 3. The first kappa shape index (κ1) is 15.4.